The highest BCUT2D eigenvalue weighted by atomic mass is 16.6. The van der Waals surface area contributed by atoms with Crippen LogP contribution >= 0.6 is 0 Å². The molecule has 0 amide bonds. The molecule has 0 unspecified atom stereocenters. The van der Waals surface area contributed by atoms with Crippen molar-refractivity contribution in [3.05, 3.63) is 53.3 Å². The van der Waals surface area contributed by atoms with Crippen molar-refractivity contribution in [1.29, 1.82) is 0 Å². The van der Waals surface area contributed by atoms with Crippen molar-refractivity contribution in [1.82, 2.24) is 10.3 Å². The molecule has 4 nitrogen and oxygen atoms in total. The van der Waals surface area contributed by atoms with E-state index in [-0.39, 0.29) is 0 Å². The van der Waals surface area contributed by atoms with Crippen LogP contribution in [0.5, 0.6) is 11.5 Å². The molecule has 0 radical (unpaired) electrons. The van der Waals surface area contributed by atoms with Crippen LogP contribution in [0.25, 0.3) is 0 Å². The van der Waals surface area contributed by atoms with Gasteiger partial charge in [-0.25, -0.2) is 0 Å². The number of hydrogen-bond acceptors (Lipinski definition) is 4. The third-order valence-electron chi connectivity index (χ3n) is 3.42. The maximum absolute atomic E-state index is 5.71. The predicted molar refractivity (Wildman–Crippen MR) is 76.9 cm³/mol. The number of aryl methyl sites for hydroxylation is 1. The van der Waals surface area contributed by atoms with Crippen LogP contribution in [-0.2, 0) is 13.1 Å². The predicted octanol–water partition coefficient (Wildman–Crippen LogP) is 2.45. The molecule has 1 aliphatic heterocycles. The van der Waals surface area contributed by atoms with E-state index >= 15 is 0 Å². The smallest absolute Gasteiger partial charge is 0.165 e. The van der Waals surface area contributed by atoms with E-state index in [0.29, 0.717) is 13.2 Å². The van der Waals surface area contributed by atoms with Crippen molar-refractivity contribution in [3.63, 3.8) is 0 Å². The Morgan fingerprint density at radius 1 is 1.10 bits per heavy atom. The molecule has 0 saturated heterocycles. The Morgan fingerprint density at radius 2 is 1.95 bits per heavy atom. The zero-order valence-corrected chi connectivity index (χ0v) is 11.6. The lowest BCUT2D eigenvalue weighted by Gasteiger charge is -2.21. The van der Waals surface area contributed by atoms with Crippen LogP contribution in [-0.4, -0.2) is 18.2 Å². The molecule has 1 aliphatic rings. The van der Waals surface area contributed by atoms with Crippen LogP contribution in [0.2, 0.25) is 0 Å². The zero-order chi connectivity index (χ0) is 13.8. The van der Waals surface area contributed by atoms with Crippen LogP contribution in [0.4, 0.5) is 0 Å². The highest BCUT2D eigenvalue weighted by molar-refractivity contribution is 5.47. The largest absolute Gasteiger partial charge is 0.486 e. The first kappa shape index (κ1) is 12.9. The number of rotatable bonds is 4. The minimum Gasteiger partial charge on any atom is -0.486 e. The van der Waals surface area contributed by atoms with Gasteiger partial charge in [0.05, 0.1) is 0 Å². The minimum absolute atomic E-state index is 0.619. The molecule has 20 heavy (non-hydrogen) atoms. The number of ether oxygens (including phenoxy) is 2. The number of nitrogens with zero attached hydrogens (tertiary/aromatic N) is 1. The Hall–Kier alpha value is -2.07. The maximum Gasteiger partial charge on any atom is 0.165 e. The van der Waals surface area contributed by atoms with Gasteiger partial charge in [0.1, 0.15) is 13.2 Å². The fraction of sp³-hybridized carbons (Fsp3) is 0.312. The molecule has 104 valence electrons. The number of para-hydroxylation sites is 1. The van der Waals surface area contributed by atoms with E-state index in [1.807, 2.05) is 30.6 Å². The van der Waals surface area contributed by atoms with Crippen LogP contribution in [0, 0.1) is 6.92 Å². The van der Waals surface area contributed by atoms with Gasteiger partial charge >= 0.3 is 0 Å². The first-order chi connectivity index (χ1) is 9.84. The first-order valence-electron chi connectivity index (χ1n) is 6.82. The summed E-state index contributed by atoms with van der Waals surface area (Å²) in [4.78, 5) is 4.10. The molecule has 1 aromatic heterocycles. The Balaban J connectivity index is 1.66. The number of nitrogens with one attached hydrogen (secondary N) is 1. The van der Waals surface area contributed by atoms with Gasteiger partial charge in [-0.2, -0.15) is 0 Å². The third-order valence-corrected chi connectivity index (χ3v) is 3.42. The fourth-order valence-corrected chi connectivity index (χ4v) is 2.31. The molecule has 0 atom stereocenters. The van der Waals surface area contributed by atoms with Crippen molar-refractivity contribution in [2.45, 2.75) is 20.0 Å². The van der Waals surface area contributed by atoms with Crippen LogP contribution in [0.15, 0.2) is 36.7 Å². The van der Waals surface area contributed by atoms with Gasteiger partial charge in [0.2, 0.25) is 0 Å². The summed E-state index contributed by atoms with van der Waals surface area (Å²) in [7, 11) is 0. The minimum atomic E-state index is 0.619. The molecule has 0 aliphatic carbocycles. The first-order valence-corrected chi connectivity index (χ1v) is 6.82. The average molecular weight is 270 g/mol. The molecule has 0 spiro atoms. The summed E-state index contributed by atoms with van der Waals surface area (Å²) in [5, 5.41) is 3.45. The number of pyridine rings is 1. The highest BCUT2D eigenvalue weighted by Gasteiger charge is 2.14. The van der Waals surface area contributed by atoms with Gasteiger partial charge in [-0.3, -0.25) is 4.98 Å². The van der Waals surface area contributed by atoms with E-state index in [4.69, 9.17) is 9.47 Å². The topological polar surface area (TPSA) is 43.4 Å². The molecule has 1 aromatic carbocycles. The summed E-state index contributed by atoms with van der Waals surface area (Å²) in [5.74, 6) is 1.72. The summed E-state index contributed by atoms with van der Waals surface area (Å²) in [6.07, 6.45) is 3.71. The van der Waals surface area contributed by atoms with Gasteiger partial charge in [0.25, 0.3) is 0 Å². The fourth-order valence-electron chi connectivity index (χ4n) is 2.31. The second-order valence-electron chi connectivity index (χ2n) is 4.85. The molecule has 0 bridgehead atoms. The second-order valence-corrected chi connectivity index (χ2v) is 4.85. The zero-order valence-electron chi connectivity index (χ0n) is 11.6. The Labute approximate surface area is 118 Å². The van der Waals surface area contributed by atoms with Gasteiger partial charge in [-0.15, -0.1) is 0 Å². The summed E-state index contributed by atoms with van der Waals surface area (Å²) in [5.41, 5.74) is 3.60. The van der Waals surface area contributed by atoms with Crippen LogP contribution in [0.1, 0.15) is 16.7 Å². The highest BCUT2D eigenvalue weighted by Crippen LogP contribution is 2.33. The summed E-state index contributed by atoms with van der Waals surface area (Å²) in [6.45, 7) is 4.89. The summed E-state index contributed by atoms with van der Waals surface area (Å²) in [6, 6.07) is 8.07. The lowest BCUT2D eigenvalue weighted by atomic mass is 10.1. The van der Waals surface area contributed by atoms with Gasteiger partial charge in [0.15, 0.2) is 11.5 Å². The number of hydrogen-bond donors (Lipinski definition) is 1. The maximum atomic E-state index is 5.71. The summed E-state index contributed by atoms with van der Waals surface area (Å²) < 4.78 is 11.3. The molecule has 3 rings (SSSR count). The monoisotopic (exact) mass is 270 g/mol. The normalized spacial score (nSPS) is 13.2. The molecule has 4 heteroatoms. The van der Waals surface area contributed by atoms with Crippen molar-refractivity contribution < 1.29 is 9.47 Å². The van der Waals surface area contributed by atoms with E-state index in [0.717, 1.165) is 30.2 Å². The Bertz CT molecular complexity index is 599. The second kappa shape index (κ2) is 5.92. The van der Waals surface area contributed by atoms with Crippen LogP contribution in [0.3, 0.4) is 0 Å². The Kier molecular flexibility index (Phi) is 3.83. The number of aromatic nitrogens is 1. The van der Waals surface area contributed by atoms with E-state index in [1.165, 1.54) is 11.1 Å². The molecule has 2 aromatic rings. The molecular weight excluding hydrogens is 252 g/mol. The standard InChI is InChI=1S/C16H18N2O2/c1-12-9-17-6-5-13(12)10-18-11-14-3-2-4-15-16(14)20-8-7-19-15/h2-6,9,18H,7-8,10-11H2,1H3. The number of benzene rings is 1. The molecular formula is C16H18N2O2. The van der Waals surface area contributed by atoms with Crippen LogP contribution < -0.4 is 14.8 Å². The van der Waals surface area contributed by atoms with Gasteiger partial charge in [-0.05, 0) is 30.2 Å². The van der Waals surface area contributed by atoms with E-state index in [2.05, 4.69) is 23.3 Å². The lowest BCUT2D eigenvalue weighted by molar-refractivity contribution is 0.169. The molecule has 1 N–H and O–H groups in total. The molecule has 2 heterocycles. The molecule has 0 saturated carbocycles. The quantitative estimate of drug-likeness (QED) is 0.926. The van der Waals surface area contributed by atoms with Crippen molar-refractivity contribution in [2.24, 2.45) is 0 Å². The van der Waals surface area contributed by atoms with E-state index in [9.17, 15) is 0 Å². The van der Waals surface area contributed by atoms with Crippen molar-refractivity contribution in [3.8, 4) is 11.5 Å². The van der Waals surface area contributed by atoms with Gasteiger partial charge in [0, 0.05) is 31.0 Å². The van der Waals surface area contributed by atoms with Crippen molar-refractivity contribution in [2.75, 3.05) is 13.2 Å². The average Bonchev–Trinajstić information content (AvgIpc) is 2.49. The third kappa shape index (κ3) is 2.75. The van der Waals surface area contributed by atoms with Gasteiger partial charge in [-0.1, -0.05) is 12.1 Å². The van der Waals surface area contributed by atoms with E-state index < -0.39 is 0 Å². The van der Waals surface area contributed by atoms with Gasteiger partial charge < -0.3 is 14.8 Å². The SMILES string of the molecule is Cc1cnccc1CNCc1cccc2c1OCCO2. The molecule has 0 fully saturated rings. The number of fused-ring (bicyclic) bond motifs is 1. The lowest BCUT2D eigenvalue weighted by Crippen LogP contribution is -2.19. The van der Waals surface area contributed by atoms with Crippen molar-refractivity contribution >= 4 is 0 Å². The summed E-state index contributed by atoms with van der Waals surface area (Å²) >= 11 is 0. The Morgan fingerprint density at radius 3 is 2.85 bits per heavy atom. The van der Waals surface area contributed by atoms with E-state index in [1.54, 1.807) is 0 Å².